The topological polar surface area (TPSA) is 56.7 Å². The summed E-state index contributed by atoms with van der Waals surface area (Å²) < 4.78 is 2.11. The molecule has 0 atom stereocenters. The van der Waals surface area contributed by atoms with Crippen LogP contribution in [0.15, 0.2) is 42.6 Å². The summed E-state index contributed by atoms with van der Waals surface area (Å²) in [6.45, 7) is 0. The Morgan fingerprint density at radius 3 is 2.84 bits per heavy atom. The van der Waals surface area contributed by atoms with E-state index in [1.165, 1.54) is 5.56 Å². The number of nitrogens with zero attached hydrogens (tertiary/aromatic N) is 3. The van der Waals surface area contributed by atoms with Gasteiger partial charge in [0, 0.05) is 25.4 Å². The van der Waals surface area contributed by atoms with Crippen LogP contribution in [0.5, 0.6) is 0 Å². The highest BCUT2D eigenvalue weighted by atomic mass is 15.1. The summed E-state index contributed by atoms with van der Waals surface area (Å²) in [5.41, 5.74) is 9.72. The molecule has 19 heavy (non-hydrogen) atoms. The van der Waals surface area contributed by atoms with Crippen LogP contribution in [-0.4, -0.2) is 14.5 Å². The quantitative estimate of drug-likeness (QED) is 0.728. The van der Waals surface area contributed by atoms with Gasteiger partial charge in [-0.15, -0.1) is 0 Å². The molecule has 3 rings (SSSR count). The lowest BCUT2D eigenvalue weighted by atomic mass is 10.1. The molecule has 96 valence electrons. The molecule has 0 fully saturated rings. The van der Waals surface area contributed by atoms with E-state index in [0.29, 0.717) is 0 Å². The van der Waals surface area contributed by atoms with Crippen molar-refractivity contribution in [1.82, 2.24) is 14.5 Å². The summed E-state index contributed by atoms with van der Waals surface area (Å²) in [7, 11) is 2.03. The third-order valence-corrected chi connectivity index (χ3v) is 3.34. The van der Waals surface area contributed by atoms with Crippen LogP contribution < -0.4 is 5.73 Å². The molecule has 0 radical (unpaired) electrons. The number of benzene rings is 1. The number of hydrogen-bond acceptors (Lipinski definition) is 3. The van der Waals surface area contributed by atoms with Crippen LogP contribution in [0.2, 0.25) is 0 Å². The first-order chi connectivity index (χ1) is 9.24. The normalized spacial score (nSPS) is 11.0. The minimum Gasteiger partial charge on any atom is -0.399 e. The molecule has 2 heterocycles. The van der Waals surface area contributed by atoms with Crippen molar-refractivity contribution in [2.24, 2.45) is 7.05 Å². The summed E-state index contributed by atoms with van der Waals surface area (Å²) in [4.78, 5) is 8.85. The molecule has 4 nitrogen and oxygen atoms in total. The fourth-order valence-electron chi connectivity index (χ4n) is 2.30. The largest absolute Gasteiger partial charge is 0.399 e. The van der Waals surface area contributed by atoms with Crippen molar-refractivity contribution in [3.05, 3.63) is 54.0 Å². The average molecular weight is 252 g/mol. The molecule has 3 aromatic rings. The maximum absolute atomic E-state index is 5.79. The summed E-state index contributed by atoms with van der Waals surface area (Å²) in [5, 5.41) is 0. The number of pyridine rings is 1. The summed E-state index contributed by atoms with van der Waals surface area (Å²) in [6.07, 6.45) is 3.59. The molecule has 0 aliphatic heterocycles. The number of fused-ring (bicyclic) bond motifs is 1. The standard InChI is InChI=1S/C15H16N4/c1-19-13-6-3-9-17-15(13)18-14(19)8-7-11-4-2-5-12(16)10-11/h2-6,9-10H,7-8,16H2,1H3. The first kappa shape index (κ1) is 11.7. The number of anilines is 1. The first-order valence-corrected chi connectivity index (χ1v) is 6.35. The van der Waals surface area contributed by atoms with Gasteiger partial charge < -0.3 is 10.3 Å². The van der Waals surface area contributed by atoms with E-state index in [1.54, 1.807) is 6.20 Å². The number of aryl methyl sites for hydroxylation is 3. The second-order valence-corrected chi connectivity index (χ2v) is 4.68. The van der Waals surface area contributed by atoms with E-state index in [9.17, 15) is 0 Å². The zero-order valence-corrected chi connectivity index (χ0v) is 10.9. The molecular weight excluding hydrogens is 236 g/mol. The molecule has 0 aliphatic rings. The van der Waals surface area contributed by atoms with Gasteiger partial charge in [0.15, 0.2) is 5.65 Å². The summed E-state index contributed by atoms with van der Waals surface area (Å²) >= 11 is 0. The minimum absolute atomic E-state index is 0.809. The predicted octanol–water partition coefficient (Wildman–Crippen LogP) is 2.34. The molecule has 2 aromatic heterocycles. The highest BCUT2D eigenvalue weighted by molar-refractivity contribution is 5.71. The van der Waals surface area contributed by atoms with E-state index in [4.69, 9.17) is 5.73 Å². The molecule has 0 unspecified atom stereocenters. The number of hydrogen-bond donors (Lipinski definition) is 1. The van der Waals surface area contributed by atoms with Crippen molar-refractivity contribution in [3.8, 4) is 0 Å². The highest BCUT2D eigenvalue weighted by Crippen LogP contribution is 2.14. The van der Waals surface area contributed by atoms with Crippen molar-refractivity contribution in [2.75, 3.05) is 5.73 Å². The summed E-state index contributed by atoms with van der Waals surface area (Å²) in [6, 6.07) is 12.0. The average Bonchev–Trinajstić information content (AvgIpc) is 2.74. The molecule has 0 saturated carbocycles. The lowest BCUT2D eigenvalue weighted by Gasteiger charge is -2.03. The van der Waals surface area contributed by atoms with Gasteiger partial charge in [-0.25, -0.2) is 9.97 Å². The number of aromatic nitrogens is 3. The zero-order valence-electron chi connectivity index (χ0n) is 10.9. The Hall–Kier alpha value is -2.36. The molecule has 4 heteroatoms. The van der Waals surface area contributed by atoms with Gasteiger partial charge in [0.1, 0.15) is 5.82 Å². The van der Waals surface area contributed by atoms with Crippen molar-refractivity contribution < 1.29 is 0 Å². The third-order valence-electron chi connectivity index (χ3n) is 3.34. The zero-order chi connectivity index (χ0) is 13.2. The Labute approximate surface area is 111 Å². The maximum atomic E-state index is 5.79. The Morgan fingerprint density at radius 2 is 2.05 bits per heavy atom. The van der Waals surface area contributed by atoms with Gasteiger partial charge in [-0.05, 0) is 36.2 Å². The van der Waals surface area contributed by atoms with Crippen molar-refractivity contribution >= 4 is 16.9 Å². The SMILES string of the molecule is Cn1c(CCc2cccc(N)c2)nc2ncccc21. The van der Waals surface area contributed by atoms with Gasteiger partial charge in [0.05, 0.1) is 5.52 Å². The lowest BCUT2D eigenvalue weighted by Crippen LogP contribution is -2.00. The van der Waals surface area contributed by atoms with Gasteiger partial charge in [-0.2, -0.15) is 0 Å². The van der Waals surface area contributed by atoms with Crippen LogP contribution in [-0.2, 0) is 19.9 Å². The Balaban J connectivity index is 1.84. The number of imidazole rings is 1. The lowest BCUT2D eigenvalue weighted by molar-refractivity contribution is 0.787. The van der Waals surface area contributed by atoms with E-state index in [0.717, 1.165) is 35.5 Å². The fraction of sp³-hybridized carbons (Fsp3) is 0.200. The van der Waals surface area contributed by atoms with Crippen LogP contribution in [0.1, 0.15) is 11.4 Å². The molecule has 0 saturated heterocycles. The molecule has 0 aliphatic carbocycles. The van der Waals surface area contributed by atoms with Gasteiger partial charge in [-0.1, -0.05) is 12.1 Å². The van der Waals surface area contributed by atoms with E-state index >= 15 is 0 Å². The Morgan fingerprint density at radius 1 is 1.16 bits per heavy atom. The smallest absolute Gasteiger partial charge is 0.177 e. The molecule has 1 aromatic carbocycles. The van der Waals surface area contributed by atoms with Crippen molar-refractivity contribution in [1.29, 1.82) is 0 Å². The van der Waals surface area contributed by atoms with Crippen LogP contribution in [0.25, 0.3) is 11.2 Å². The third kappa shape index (κ3) is 2.29. The van der Waals surface area contributed by atoms with Gasteiger partial charge in [0.2, 0.25) is 0 Å². The second-order valence-electron chi connectivity index (χ2n) is 4.68. The van der Waals surface area contributed by atoms with E-state index in [2.05, 4.69) is 20.6 Å². The van der Waals surface area contributed by atoms with Crippen LogP contribution in [0.3, 0.4) is 0 Å². The maximum Gasteiger partial charge on any atom is 0.177 e. The molecule has 0 bridgehead atoms. The van der Waals surface area contributed by atoms with Crippen LogP contribution in [0, 0.1) is 0 Å². The van der Waals surface area contributed by atoms with Crippen LogP contribution >= 0.6 is 0 Å². The van der Waals surface area contributed by atoms with Crippen molar-refractivity contribution in [3.63, 3.8) is 0 Å². The van der Waals surface area contributed by atoms with Crippen molar-refractivity contribution in [2.45, 2.75) is 12.8 Å². The van der Waals surface area contributed by atoms with Gasteiger partial charge in [-0.3, -0.25) is 0 Å². The molecular formula is C15H16N4. The fourth-order valence-corrected chi connectivity index (χ4v) is 2.30. The highest BCUT2D eigenvalue weighted by Gasteiger charge is 2.07. The molecule has 0 amide bonds. The molecule has 2 N–H and O–H groups in total. The Kier molecular flexibility index (Phi) is 2.91. The van der Waals surface area contributed by atoms with E-state index in [1.807, 2.05) is 37.4 Å². The number of nitrogens with two attached hydrogens (primary N) is 1. The monoisotopic (exact) mass is 252 g/mol. The number of rotatable bonds is 3. The minimum atomic E-state index is 0.809. The van der Waals surface area contributed by atoms with E-state index in [-0.39, 0.29) is 0 Å². The van der Waals surface area contributed by atoms with Gasteiger partial charge in [0.25, 0.3) is 0 Å². The van der Waals surface area contributed by atoms with Gasteiger partial charge >= 0.3 is 0 Å². The Bertz CT molecular complexity index is 715. The molecule has 0 spiro atoms. The predicted molar refractivity (Wildman–Crippen MR) is 76.8 cm³/mol. The second kappa shape index (κ2) is 4.72. The number of nitrogen functional groups attached to an aromatic ring is 1. The summed E-state index contributed by atoms with van der Waals surface area (Å²) in [5.74, 6) is 1.05. The van der Waals surface area contributed by atoms with Crippen LogP contribution in [0.4, 0.5) is 5.69 Å². The van der Waals surface area contributed by atoms with E-state index < -0.39 is 0 Å². The first-order valence-electron chi connectivity index (χ1n) is 6.35.